The van der Waals surface area contributed by atoms with Crippen LogP contribution in [0.5, 0.6) is 11.5 Å². The van der Waals surface area contributed by atoms with E-state index >= 15 is 0 Å². The monoisotopic (exact) mass is 582 g/mol. The van der Waals surface area contributed by atoms with Gasteiger partial charge in [-0.3, -0.25) is 8.97 Å². The molecule has 10 aromatic rings. The Balaban J connectivity index is 1.29. The fraction of sp³-hybridized carbons (Fsp3) is 0. The van der Waals surface area contributed by atoms with Crippen molar-refractivity contribution in [2.24, 2.45) is 0 Å². The molecule has 5 nitrogen and oxygen atoms in total. The van der Waals surface area contributed by atoms with E-state index in [2.05, 4.69) is 112 Å². The topological polar surface area (TPSA) is 44.4 Å². The van der Waals surface area contributed by atoms with Crippen molar-refractivity contribution >= 4 is 80.6 Å². The van der Waals surface area contributed by atoms with Crippen LogP contribution in [0.4, 0.5) is 0 Å². The zero-order chi connectivity index (χ0) is 28.8. The van der Waals surface area contributed by atoms with Crippen molar-refractivity contribution < 1.29 is 4.74 Å². The number of ether oxygens (including phenoxy) is 1. The minimum absolute atomic E-state index is 0.774. The number of imidazole rings is 1. The number of para-hydroxylation sites is 2. The van der Waals surface area contributed by atoms with E-state index in [-0.39, 0.29) is 0 Å². The molecule has 0 saturated heterocycles. The summed E-state index contributed by atoms with van der Waals surface area (Å²) in [5, 5.41) is 8.27. The lowest BCUT2D eigenvalue weighted by Gasteiger charge is -2.13. The Kier molecular flexibility index (Phi) is 4.81. The van der Waals surface area contributed by atoms with Gasteiger partial charge in [0.25, 0.3) is 0 Å². The fourth-order valence-corrected chi connectivity index (χ4v) is 8.03. The van der Waals surface area contributed by atoms with Crippen molar-refractivity contribution in [2.45, 2.75) is 0 Å². The van der Waals surface area contributed by atoms with Crippen LogP contribution in [0.25, 0.3) is 75.1 Å². The standard InChI is InChI=1S/C38H22N4OS/c1-4-12-29-25(9-1)24-17-16-23(21-28(24)38-40-19-20-41(29)38)43-32-22-31-35(36-27-11-3-6-14-33(27)44-37(32)36)26-10-2-5-13-30(26)42(31)34-15-7-8-18-39-34/h1-22H. The zero-order valence-corrected chi connectivity index (χ0v) is 24.1. The zero-order valence-electron chi connectivity index (χ0n) is 23.3. The molecular formula is C38H22N4OS. The van der Waals surface area contributed by atoms with Crippen molar-refractivity contribution in [1.82, 2.24) is 18.9 Å². The lowest BCUT2D eigenvalue weighted by Crippen LogP contribution is -1.96. The minimum atomic E-state index is 0.774. The van der Waals surface area contributed by atoms with Gasteiger partial charge in [0.15, 0.2) is 0 Å². The molecule has 6 heteroatoms. The Morgan fingerprint density at radius 3 is 2.25 bits per heavy atom. The maximum Gasteiger partial charge on any atom is 0.147 e. The normalized spacial score (nSPS) is 12.1. The highest BCUT2D eigenvalue weighted by atomic mass is 32.1. The van der Waals surface area contributed by atoms with Crippen molar-refractivity contribution in [3.8, 4) is 17.3 Å². The Labute approximate surface area is 254 Å². The Morgan fingerprint density at radius 2 is 1.36 bits per heavy atom. The molecule has 0 fully saturated rings. The van der Waals surface area contributed by atoms with Crippen LogP contribution in [0.15, 0.2) is 134 Å². The summed E-state index contributed by atoms with van der Waals surface area (Å²) in [5.41, 5.74) is 4.25. The van der Waals surface area contributed by atoms with Gasteiger partial charge in [0, 0.05) is 61.7 Å². The van der Waals surface area contributed by atoms with E-state index in [1.165, 1.54) is 31.6 Å². The first-order valence-corrected chi connectivity index (χ1v) is 15.4. The Bertz CT molecular complexity index is 2750. The van der Waals surface area contributed by atoms with Gasteiger partial charge in [0.2, 0.25) is 0 Å². The van der Waals surface area contributed by atoms with Gasteiger partial charge in [-0.05, 0) is 53.9 Å². The van der Waals surface area contributed by atoms with Crippen molar-refractivity contribution in [3.63, 3.8) is 0 Å². The molecule has 206 valence electrons. The van der Waals surface area contributed by atoms with Crippen LogP contribution in [0.3, 0.4) is 0 Å². The quantitative estimate of drug-likeness (QED) is 0.195. The van der Waals surface area contributed by atoms with Crippen LogP contribution in [-0.4, -0.2) is 18.9 Å². The van der Waals surface area contributed by atoms with Crippen LogP contribution in [0.1, 0.15) is 0 Å². The summed E-state index contributed by atoms with van der Waals surface area (Å²) in [4.78, 5) is 9.50. The maximum absolute atomic E-state index is 6.90. The molecule has 0 bridgehead atoms. The third-order valence-electron chi connectivity index (χ3n) is 8.68. The first-order valence-electron chi connectivity index (χ1n) is 14.6. The molecule has 5 aromatic carbocycles. The van der Waals surface area contributed by atoms with Gasteiger partial charge in [-0.15, -0.1) is 11.3 Å². The van der Waals surface area contributed by atoms with Gasteiger partial charge in [-0.25, -0.2) is 9.97 Å². The number of thiophene rings is 1. The highest BCUT2D eigenvalue weighted by molar-refractivity contribution is 7.26. The summed E-state index contributed by atoms with van der Waals surface area (Å²) in [6, 6.07) is 40.3. The van der Waals surface area contributed by atoms with Gasteiger partial charge < -0.3 is 4.74 Å². The number of fused-ring (bicyclic) bond motifs is 13. The molecule has 0 N–H and O–H groups in total. The van der Waals surface area contributed by atoms with Crippen LogP contribution >= 0.6 is 11.3 Å². The average molecular weight is 583 g/mol. The third kappa shape index (κ3) is 3.23. The van der Waals surface area contributed by atoms with Gasteiger partial charge in [-0.2, -0.15) is 0 Å². The van der Waals surface area contributed by atoms with E-state index in [4.69, 9.17) is 14.7 Å². The molecule has 0 spiro atoms. The number of pyridine rings is 2. The van der Waals surface area contributed by atoms with Crippen LogP contribution in [0.2, 0.25) is 0 Å². The van der Waals surface area contributed by atoms with Gasteiger partial charge in [0.1, 0.15) is 23.0 Å². The largest absolute Gasteiger partial charge is 0.456 e. The smallest absolute Gasteiger partial charge is 0.147 e. The molecule has 0 radical (unpaired) electrons. The fourth-order valence-electron chi connectivity index (χ4n) is 6.87. The molecule has 44 heavy (non-hydrogen) atoms. The summed E-state index contributed by atoms with van der Waals surface area (Å²) in [6.07, 6.45) is 5.73. The van der Waals surface area contributed by atoms with E-state index in [1.807, 2.05) is 30.7 Å². The highest BCUT2D eigenvalue weighted by Crippen LogP contribution is 2.48. The summed E-state index contributed by atoms with van der Waals surface area (Å²) in [5.74, 6) is 2.48. The van der Waals surface area contributed by atoms with E-state index in [9.17, 15) is 0 Å². The molecule has 5 aromatic heterocycles. The number of hydrogen-bond acceptors (Lipinski definition) is 4. The number of hydrogen-bond donors (Lipinski definition) is 0. The summed E-state index contributed by atoms with van der Waals surface area (Å²) >= 11 is 1.78. The van der Waals surface area contributed by atoms with Crippen molar-refractivity contribution in [3.05, 3.63) is 134 Å². The highest BCUT2D eigenvalue weighted by Gasteiger charge is 2.22. The van der Waals surface area contributed by atoms with Crippen LogP contribution < -0.4 is 4.74 Å². The second kappa shape index (κ2) is 8.89. The lowest BCUT2D eigenvalue weighted by atomic mass is 10.0. The number of aromatic nitrogens is 4. The number of benzene rings is 5. The molecular weight excluding hydrogens is 561 g/mol. The first-order chi connectivity index (χ1) is 21.8. The van der Waals surface area contributed by atoms with E-state index in [0.717, 1.165) is 55.0 Å². The predicted octanol–water partition coefficient (Wildman–Crippen LogP) is 10.3. The molecule has 10 rings (SSSR count). The molecule has 0 unspecified atom stereocenters. The second-order valence-electron chi connectivity index (χ2n) is 11.1. The average Bonchev–Trinajstić information content (AvgIpc) is 3.80. The minimum Gasteiger partial charge on any atom is -0.456 e. The van der Waals surface area contributed by atoms with Crippen molar-refractivity contribution in [2.75, 3.05) is 0 Å². The van der Waals surface area contributed by atoms with E-state index in [0.29, 0.717) is 0 Å². The predicted molar refractivity (Wildman–Crippen MR) is 182 cm³/mol. The second-order valence-corrected chi connectivity index (χ2v) is 12.1. The molecule has 0 aliphatic rings. The lowest BCUT2D eigenvalue weighted by molar-refractivity contribution is 0.490. The number of rotatable bonds is 3. The molecule has 0 amide bonds. The third-order valence-corrected chi connectivity index (χ3v) is 9.87. The van der Waals surface area contributed by atoms with Crippen LogP contribution in [-0.2, 0) is 0 Å². The summed E-state index contributed by atoms with van der Waals surface area (Å²) < 4.78 is 13.7. The van der Waals surface area contributed by atoms with Gasteiger partial charge in [-0.1, -0.05) is 60.7 Å². The van der Waals surface area contributed by atoms with E-state index < -0.39 is 0 Å². The molecule has 0 aliphatic carbocycles. The molecule has 0 atom stereocenters. The molecule has 0 saturated carbocycles. The summed E-state index contributed by atoms with van der Waals surface area (Å²) in [6.45, 7) is 0. The first kappa shape index (κ1) is 23.8. The Hall–Kier alpha value is -5.72. The van der Waals surface area contributed by atoms with Crippen molar-refractivity contribution in [1.29, 1.82) is 0 Å². The molecule has 5 heterocycles. The van der Waals surface area contributed by atoms with Gasteiger partial charge >= 0.3 is 0 Å². The Morgan fingerprint density at radius 1 is 0.568 bits per heavy atom. The van der Waals surface area contributed by atoms with E-state index in [1.54, 1.807) is 11.3 Å². The summed E-state index contributed by atoms with van der Waals surface area (Å²) in [7, 11) is 0. The molecule has 0 aliphatic heterocycles. The van der Waals surface area contributed by atoms with Gasteiger partial charge in [0.05, 0.1) is 21.3 Å². The maximum atomic E-state index is 6.90. The number of nitrogens with zero attached hydrogens (tertiary/aromatic N) is 4. The SMILES string of the molecule is c1ccc(-n2c3ccccc3c3c4c(sc5ccccc54)c(Oc4ccc5c6ccccc6n6ccnc6c5c4)cc32)nc1. The van der Waals surface area contributed by atoms with Crippen LogP contribution in [0, 0.1) is 0 Å².